The highest BCUT2D eigenvalue weighted by molar-refractivity contribution is 6.00. The van der Waals surface area contributed by atoms with Crippen LogP contribution in [0.3, 0.4) is 0 Å². The first-order chi connectivity index (χ1) is 9.11. The molecule has 0 unspecified atom stereocenters. The Morgan fingerprint density at radius 1 is 1.37 bits per heavy atom. The lowest BCUT2D eigenvalue weighted by Gasteiger charge is -2.04. The summed E-state index contributed by atoms with van der Waals surface area (Å²) in [6.45, 7) is 6.15. The van der Waals surface area contributed by atoms with Crippen molar-refractivity contribution < 1.29 is 4.79 Å². The maximum Gasteiger partial charge on any atom is 0.162 e. The number of nitrogens with zero attached hydrogens (tertiary/aromatic N) is 1. The molecule has 19 heavy (non-hydrogen) atoms. The fourth-order valence-electron chi connectivity index (χ4n) is 1.91. The molecular formula is C17H21NO. The standard InChI is InChI=1S/C13H13NO.C4H8/c1-3-12(15)11-7-9(2)13-10(8-11)5-4-6-14-13;1-4-2-3-4/h4-8H,3H2,1-2H3;4H,2-3H2,1H3. The minimum absolute atomic E-state index is 0.184. The van der Waals surface area contributed by atoms with Gasteiger partial charge in [0.05, 0.1) is 5.52 Å². The highest BCUT2D eigenvalue weighted by Crippen LogP contribution is 2.26. The number of aryl methyl sites for hydroxylation is 1. The van der Waals surface area contributed by atoms with Gasteiger partial charge in [0.2, 0.25) is 0 Å². The van der Waals surface area contributed by atoms with Crippen molar-refractivity contribution in [2.24, 2.45) is 5.92 Å². The van der Waals surface area contributed by atoms with Crippen LogP contribution < -0.4 is 0 Å². The molecule has 0 amide bonds. The van der Waals surface area contributed by atoms with Gasteiger partial charge in [-0.3, -0.25) is 9.78 Å². The second-order valence-electron chi connectivity index (χ2n) is 5.33. The molecule has 0 aliphatic heterocycles. The molecule has 0 atom stereocenters. The number of carbonyl (C=O) groups is 1. The Morgan fingerprint density at radius 2 is 2.05 bits per heavy atom. The predicted octanol–water partition coefficient (Wildman–Crippen LogP) is 4.55. The monoisotopic (exact) mass is 255 g/mol. The van der Waals surface area contributed by atoms with E-state index in [9.17, 15) is 4.79 Å². The largest absolute Gasteiger partial charge is 0.294 e. The molecule has 1 aromatic heterocycles. The van der Waals surface area contributed by atoms with Gasteiger partial charge in [-0.1, -0.05) is 32.8 Å². The molecule has 1 aromatic carbocycles. The number of Topliss-reactive ketones (excluding diaryl/α,β-unsaturated/α-hetero) is 1. The van der Waals surface area contributed by atoms with Crippen LogP contribution in [0.4, 0.5) is 0 Å². The van der Waals surface area contributed by atoms with Crippen molar-refractivity contribution in [1.82, 2.24) is 4.98 Å². The Hall–Kier alpha value is -1.70. The topological polar surface area (TPSA) is 30.0 Å². The summed E-state index contributed by atoms with van der Waals surface area (Å²) in [6, 6.07) is 7.71. The third kappa shape index (κ3) is 3.63. The number of pyridine rings is 1. The van der Waals surface area contributed by atoms with E-state index in [-0.39, 0.29) is 5.78 Å². The molecule has 0 bridgehead atoms. The van der Waals surface area contributed by atoms with E-state index in [0.717, 1.165) is 27.9 Å². The first-order valence-electron chi connectivity index (χ1n) is 7.00. The van der Waals surface area contributed by atoms with Crippen LogP contribution in [-0.2, 0) is 0 Å². The second kappa shape index (κ2) is 5.96. The average Bonchev–Trinajstić information content (AvgIpc) is 3.21. The molecule has 0 spiro atoms. The van der Waals surface area contributed by atoms with Gasteiger partial charge >= 0.3 is 0 Å². The zero-order valence-corrected chi connectivity index (χ0v) is 11.9. The van der Waals surface area contributed by atoms with Gasteiger partial charge in [0, 0.05) is 23.6 Å². The normalized spacial score (nSPS) is 13.8. The maximum absolute atomic E-state index is 11.6. The van der Waals surface area contributed by atoms with Crippen LogP contribution in [0.5, 0.6) is 0 Å². The quantitative estimate of drug-likeness (QED) is 0.737. The molecule has 1 heterocycles. The molecule has 0 saturated heterocycles. The van der Waals surface area contributed by atoms with Crippen LogP contribution in [-0.4, -0.2) is 10.8 Å². The van der Waals surface area contributed by atoms with Crippen LogP contribution >= 0.6 is 0 Å². The molecule has 1 aliphatic carbocycles. The number of rotatable bonds is 2. The van der Waals surface area contributed by atoms with Gasteiger partial charge < -0.3 is 0 Å². The maximum atomic E-state index is 11.6. The summed E-state index contributed by atoms with van der Waals surface area (Å²) in [6.07, 6.45) is 5.29. The van der Waals surface area contributed by atoms with E-state index in [1.54, 1.807) is 6.20 Å². The molecule has 1 aliphatic rings. The van der Waals surface area contributed by atoms with Crippen molar-refractivity contribution in [2.45, 2.75) is 40.0 Å². The van der Waals surface area contributed by atoms with Gasteiger partial charge in [-0.05, 0) is 36.6 Å². The van der Waals surface area contributed by atoms with Crippen molar-refractivity contribution in [3.8, 4) is 0 Å². The van der Waals surface area contributed by atoms with E-state index < -0.39 is 0 Å². The summed E-state index contributed by atoms with van der Waals surface area (Å²) in [5.41, 5.74) is 2.82. The van der Waals surface area contributed by atoms with Crippen molar-refractivity contribution in [2.75, 3.05) is 0 Å². The average molecular weight is 255 g/mol. The van der Waals surface area contributed by atoms with Crippen LogP contribution in [0.15, 0.2) is 30.5 Å². The Morgan fingerprint density at radius 3 is 2.63 bits per heavy atom. The summed E-state index contributed by atoms with van der Waals surface area (Å²) in [4.78, 5) is 15.9. The van der Waals surface area contributed by atoms with Crippen molar-refractivity contribution >= 4 is 16.7 Å². The third-order valence-electron chi connectivity index (χ3n) is 3.40. The lowest BCUT2D eigenvalue weighted by molar-refractivity contribution is 0.0988. The molecule has 100 valence electrons. The van der Waals surface area contributed by atoms with Gasteiger partial charge in [-0.2, -0.15) is 0 Å². The lowest BCUT2D eigenvalue weighted by atomic mass is 10.0. The molecule has 2 nitrogen and oxygen atoms in total. The lowest BCUT2D eigenvalue weighted by Crippen LogP contribution is -1.97. The van der Waals surface area contributed by atoms with Gasteiger partial charge in [0.15, 0.2) is 5.78 Å². The Labute approximate surface area is 114 Å². The minimum Gasteiger partial charge on any atom is -0.294 e. The van der Waals surface area contributed by atoms with Crippen LogP contribution in [0.1, 0.15) is 49.0 Å². The Kier molecular flexibility index (Phi) is 4.31. The van der Waals surface area contributed by atoms with E-state index in [2.05, 4.69) is 11.9 Å². The molecule has 3 rings (SSSR count). The Bertz CT molecular complexity index is 585. The zero-order valence-electron chi connectivity index (χ0n) is 11.9. The summed E-state index contributed by atoms with van der Waals surface area (Å²) in [5.74, 6) is 1.27. The number of aromatic nitrogens is 1. The molecule has 2 aromatic rings. The number of carbonyl (C=O) groups excluding carboxylic acids is 1. The molecule has 0 radical (unpaired) electrons. The van der Waals surface area contributed by atoms with E-state index in [1.807, 2.05) is 38.1 Å². The predicted molar refractivity (Wildman–Crippen MR) is 79.5 cm³/mol. The van der Waals surface area contributed by atoms with Crippen LogP contribution in [0, 0.1) is 12.8 Å². The molecule has 1 fully saturated rings. The molecule has 0 N–H and O–H groups in total. The van der Waals surface area contributed by atoms with E-state index >= 15 is 0 Å². The zero-order chi connectivity index (χ0) is 13.8. The number of hydrogen-bond donors (Lipinski definition) is 0. The van der Waals surface area contributed by atoms with Gasteiger partial charge in [0.1, 0.15) is 0 Å². The van der Waals surface area contributed by atoms with E-state index in [4.69, 9.17) is 0 Å². The summed E-state index contributed by atoms with van der Waals surface area (Å²) < 4.78 is 0. The van der Waals surface area contributed by atoms with Crippen LogP contribution in [0.25, 0.3) is 10.9 Å². The van der Waals surface area contributed by atoms with Crippen molar-refractivity contribution in [3.05, 3.63) is 41.6 Å². The summed E-state index contributed by atoms with van der Waals surface area (Å²) in [5, 5.41) is 1.04. The molecule has 1 saturated carbocycles. The number of benzene rings is 1. The van der Waals surface area contributed by atoms with Crippen LogP contribution in [0.2, 0.25) is 0 Å². The van der Waals surface area contributed by atoms with E-state index in [1.165, 1.54) is 12.8 Å². The fraction of sp³-hybridized carbons (Fsp3) is 0.412. The first kappa shape index (κ1) is 13.7. The smallest absolute Gasteiger partial charge is 0.162 e. The summed E-state index contributed by atoms with van der Waals surface area (Å²) >= 11 is 0. The number of fused-ring (bicyclic) bond motifs is 1. The van der Waals surface area contributed by atoms with Gasteiger partial charge in [-0.25, -0.2) is 0 Å². The third-order valence-corrected chi connectivity index (χ3v) is 3.40. The Balaban J connectivity index is 0.000000284. The van der Waals surface area contributed by atoms with Crippen molar-refractivity contribution in [1.29, 1.82) is 0 Å². The SMILES string of the molecule is CC1CC1.CCC(=O)c1cc(C)c2ncccc2c1. The fourth-order valence-corrected chi connectivity index (χ4v) is 1.91. The molecule has 2 heteroatoms. The highest BCUT2D eigenvalue weighted by atomic mass is 16.1. The van der Waals surface area contributed by atoms with E-state index in [0.29, 0.717) is 6.42 Å². The number of ketones is 1. The first-order valence-corrected chi connectivity index (χ1v) is 7.00. The van der Waals surface area contributed by atoms with Crippen molar-refractivity contribution in [3.63, 3.8) is 0 Å². The van der Waals surface area contributed by atoms with Gasteiger partial charge in [-0.15, -0.1) is 0 Å². The number of hydrogen-bond acceptors (Lipinski definition) is 2. The second-order valence-corrected chi connectivity index (χ2v) is 5.33. The minimum atomic E-state index is 0.184. The molecular weight excluding hydrogens is 234 g/mol. The highest BCUT2D eigenvalue weighted by Gasteiger charge is 2.12. The van der Waals surface area contributed by atoms with Gasteiger partial charge in [0.25, 0.3) is 0 Å². The summed E-state index contributed by atoms with van der Waals surface area (Å²) in [7, 11) is 0.